The summed E-state index contributed by atoms with van der Waals surface area (Å²) < 4.78 is 13.8. The molecule has 0 bridgehead atoms. The lowest BCUT2D eigenvalue weighted by molar-refractivity contribution is 0.0957. The van der Waals surface area contributed by atoms with E-state index in [-0.39, 0.29) is 11.7 Å². The molecule has 2 aromatic carbocycles. The Morgan fingerprint density at radius 2 is 1.92 bits per heavy atom. The second-order valence-electron chi connectivity index (χ2n) is 5.78. The summed E-state index contributed by atoms with van der Waals surface area (Å²) in [7, 11) is 0. The average molecular weight is 354 g/mol. The molecule has 3 nitrogen and oxygen atoms in total. The van der Waals surface area contributed by atoms with Crippen LogP contribution in [0.5, 0.6) is 0 Å². The van der Waals surface area contributed by atoms with Gasteiger partial charge in [0.1, 0.15) is 10.7 Å². The summed E-state index contributed by atoms with van der Waals surface area (Å²) in [5.41, 5.74) is 2.65. The SMILES string of the molecule is Cc1ncc(C(=O)NCCCc2ccc(-c3ccccc3F)cc2)s1. The van der Waals surface area contributed by atoms with E-state index in [4.69, 9.17) is 0 Å². The molecule has 0 radical (unpaired) electrons. The van der Waals surface area contributed by atoms with Crippen LogP contribution < -0.4 is 5.32 Å². The Morgan fingerprint density at radius 1 is 1.16 bits per heavy atom. The van der Waals surface area contributed by atoms with Crippen molar-refractivity contribution in [2.24, 2.45) is 0 Å². The molecule has 0 atom stereocenters. The summed E-state index contributed by atoms with van der Waals surface area (Å²) in [6, 6.07) is 14.7. The third-order valence-corrected chi connectivity index (χ3v) is 4.82. The Bertz CT molecular complexity index is 858. The monoisotopic (exact) mass is 354 g/mol. The highest BCUT2D eigenvalue weighted by atomic mass is 32.1. The Morgan fingerprint density at radius 3 is 2.60 bits per heavy atom. The number of hydrogen-bond donors (Lipinski definition) is 1. The van der Waals surface area contributed by atoms with Crippen LogP contribution in [0.4, 0.5) is 4.39 Å². The number of carbonyl (C=O) groups is 1. The molecular formula is C20H19FN2OS. The third kappa shape index (κ3) is 4.51. The van der Waals surface area contributed by atoms with E-state index in [2.05, 4.69) is 10.3 Å². The number of nitrogens with zero attached hydrogens (tertiary/aromatic N) is 1. The first-order valence-corrected chi connectivity index (χ1v) is 8.99. The maximum atomic E-state index is 13.8. The minimum atomic E-state index is -0.212. The lowest BCUT2D eigenvalue weighted by Crippen LogP contribution is -2.23. The van der Waals surface area contributed by atoms with Gasteiger partial charge in [-0.2, -0.15) is 0 Å². The first-order valence-electron chi connectivity index (χ1n) is 8.18. The van der Waals surface area contributed by atoms with E-state index in [1.54, 1.807) is 18.3 Å². The molecule has 0 aliphatic carbocycles. The second kappa shape index (κ2) is 8.03. The number of halogens is 1. The van der Waals surface area contributed by atoms with E-state index < -0.39 is 0 Å². The normalized spacial score (nSPS) is 10.6. The number of aromatic nitrogens is 1. The van der Waals surface area contributed by atoms with Crippen LogP contribution in [0.3, 0.4) is 0 Å². The van der Waals surface area contributed by atoms with Crippen LogP contribution in [0.2, 0.25) is 0 Å². The standard InChI is InChI=1S/C20H19FN2OS/c1-14-23-13-19(25-14)20(24)22-12-4-5-15-8-10-16(11-9-15)17-6-2-3-7-18(17)21/h2-3,6-11,13H,4-5,12H2,1H3,(H,22,24). The van der Waals surface area contributed by atoms with Gasteiger partial charge < -0.3 is 5.32 Å². The molecule has 3 aromatic rings. The van der Waals surface area contributed by atoms with Gasteiger partial charge in [-0.15, -0.1) is 11.3 Å². The summed E-state index contributed by atoms with van der Waals surface area (Å²) in [5, 5.41) is 3.80. The van der Waals surface area contributed by atoms with Gasteiger partial charge in [0.2, 0.25) is 0 Å². The van der Waals surface area contributed by atoms with E-state index in [0.717, 1.165) is 23.4 Å². The van der Waals surface area contributed by atoms with Crippen LogP contribution in [-0.2, 0) is 6.42 Å². The molecule has 1 heterocycles. The molecule has 0 aliphatic heterocycles. The number of nitrogens with one attached hydrogen (secondary N) is 1. The molecule has 128 valence electrons. The summed E-state index contributed by atoms with van der Waals surface area (Å²) >= 11 is 1.40. The largest absolute Gasteiger partial charge is 0.351 e. The molecule has 0 fully saturated rings. The van der Waals surface area contributed by atoms with Crippen LogP contribution in [-0.4, -0.2) is 17.4 Å². The van der Waals surface area contributed by atoms with Gasteiger partial charge >= 0.3 is 0 Å². The smallest absolute Gasteiger partial charge is 0.263 e. The van der Waals surface area contributed by atoms with Crippen LogP contribution in [0.1, 0.15) is 26.7 Å². The maximum Gasteiger partial charge on any atom is 0.263 e. The van der Waals surface area contributed by atoms with Crippen molar-refractivity contribution in [3.8, 4) is 11.1 Å². The van der Waals surface area contributed by atoms with Crippen molar-refractivity contribution >= 4 is 17.2 Å². The molecule has 1 amide bonds. The van der Waals surface area contributed by atoms with Gasteiger partial charge in [0.15, 0.2) is 0 Å². The number of amides is 1. The number of thiazole rings is 1. The minimum Gasteiger partial charge on any atom is -0.351 e. The predicted octanol–water partition coefficient (Wildman–Crippen LogP) is 4.62. The van der Waals surface area contributed by atoms with Gasteiger partial charge in [0.05, 0.1) is 11.2 Å². The molecule has 3 rings (SSSR count). The topological polar surface area (TPSA) is 42.0 Å². The number of aryl methyl sites for hydroxylation is 2. The predicted molar refractivity (Wildman–Crippen MR) is 99.3 cm³/mol. The molecule has 25 heavy (non-hydrogen) atoms. The van der Waals surface area contributed by atoms with Crippen LogP contribution >= 0.6 is 11.3 Å². The summed E-state index contributed by atoms with van der Waals surface area (Å²) in [4.78, 5) is 16.7. The molecule has 5 heteroatoms. The van der Waals surface area contributed by atoms with Gasteiger partial charge in [0.25, 0.3) is 5.91 Å². The fourth-order valence-corrected chi connectivity index (χ4v) is 3.29. The zero-order valence-electron chi connectivity index (χ0n) is 14.0. The molecule has 0 saturated heterocycles. The highest BCUT2D eigenvalue weighted by molar-refractivity contribution is 7.13. The lowest BCUT2D eigenvalue weighted by Gasteiger charge is -2.06. The Kier molecular flexibility index (Phi) is 5.56. The van der Waals surface area contributed by atoms with E-state index in [1.807, 2.05) is 37.3 Å². The summed E-state index contributed by atoms with van der Waals surface area (Å²) in [6.07, 6.45) is 3.32. The first-order chi connectivity index (χ1) is 12.1. The van der Waals surface area contributed by atoms with Crippen molar-refractivity contribution in [1.82, 2.24) is 10.3 Å². The van der Waals surface area contributed by atoms with Crippen LogP contribution in [0, 0.1) is 12.7 Å². The maximum absolute atomic E-state index is 13.8. The average Bonchev–Trinajstić information content (AvgIpc) is 3.06. The molecule has 0 aliphatic rings. The van der Waals surface area contributed by atoms with E-state index in [1.165, 1.54) is 23.0 Å². The summed E-state index contributed by atoms with van der Waals surface area (Å²) in [5.74, 6) is -0.281. The van der Waals surface area contributed by atoms with Crippen molar-refractivity contribution in [2.45, 2.75) is 19.8 Å². The Labute approximate surface area is 150 Å². The van der Waals surface area contributed by atoms with Gasteiger partial charge in [0, 0.05) is 12.1 Å². The highest BCUT2D eigenvalue weighted by Gasteiger charge is 2.08. The van der Waals surface area contributed by atoms with Gasteiger partial charge in [-0.1, -0.05) is 42.5 Å². The van der Waals surface area contributed by atoms with Crippen molar-refractivity contribution < 1.29 is 9.18 Å². The number of hydrogen-bond acceptors (Lipinski definition) is 3. The lowest BCUT2D eigenvalue weighted by atomic mass is 10.0. The second-order valence-corrected chi connectivity index (χ2v) is 7.01. The van der Waals surface area contributed by atoms with E-state index in [0.29, 0.717) is 17.0 Å². The number of benzene rings is 2. The fourth-order valence-electron chi connectivity index (χ4n) is 2.59. The van der Waals surface area contributed by atoms with Crippen LogP contribution in [0.15, 0.2) is 54.7 Å². The molecular weight excluding hydrogens is 335 g/mol. The van der Waals surface area contributed by atoms with Crippen molar-refractivity contribution in [1.29, 1.82) is 0 Å². The molecule has 1 N–H and O–H groups in total. The first kappa shape index (κ1) is 17.3. The van der Waals surface area contributed by atoms with Gasteiger partial charge in [-0.25, -0.2) is 9.37 Å². The van der Waals surface area contributed by atoms with Crippen molar-refractivity contribution in [2.75, 3.05) is 6.54 Å². The fraction of sp³-hybridized carbons (Fsp3) is 0.200. The Balaban J connectivity index is 1.49. The van der Waals surface area contributed by atoms with Crippen LogP contribution in [0.25, 0.3) is 11.1 Å². The molecule has 0 unspecified atom stereocenters. The van der Waals surface area contributed by atoms with Gasteiger partial charge in [-0.05, 0) is 37.0 Å². The third-order valence-electron chi connectivity index (χ3n) is 3.91. The van der Waals surface area contributed by atoms with Crippen molar-refractivity contribution in [3.05, 3.63) is 76.0 Å². The number of rotatable bonds is 6. The van der Waals surface area contributed by atoms with Gasteiger partial charge in [-0.3, -0.25) is 4.79 Å². The quantitative estimate of drug-likeness (QED) is 0.656. The zero-order valence-corrected chi connectivity index (χ0v) is 14.8. The minimum absolute atomic E-state index is 0.0690. The molecule has 0 saturated carbocycles. The van der Waals surface area contributed by atoms with Crippen molar-refractivity contribution in [3.63, 3.8) is 0 Å². The zero-order chi connectivity index (χ0) is 17.6. The Hall–Kier alpha value is -2.53. The molecule has 1 aromatic heterocycles. The summed E-state index contributed by atoms with van der Waals surface area (Å²) in [6.45, 7) is 2.50. The van der Waals surface area contributed by atoms with E-state index in [9.17, 15) is 9.18 Å². The molecule has 0 spiro atoms. The number of carbonyl (C=O) groups excluding carboxylic acids is 1. The van der Waals surface area contributed by atoms with E-state index >= 15 is 0 Å². The highest BCUT2D eigenvalue weighted by Crippen LogP contribution is 2.23.